The summed E-state index contributed by atoms with van der Waals surface area (Å²) in [5.41, 5.74) is 0.925. The van der Waals surface area contributed by atoms with Crippen LogP contribution in [0.3, 0.4) is 0 Å². The van der Waals surface area contributed by atoms with E-state index in [1.165, 1.54) is 12.1 Å². The van der Waals surface area contributed by atoms with Gasteiger partial charge in [0.05, 0.1) is 4.92 Å². The zero-order chi connectivity index (χ0) is 15.4. The minimum atomic E-state index is -0.402. The molecule has 0 radical (unpaired) electrons. The molecule has 1 aromatic carbocycles. The molecule has 0 aliphatic rings. The molecule has 0 saturated heterocycles. The molecule has 0 unspecified atom stereocenters. The molecule has 0 spiro atoms. The van der Waals surface area contributed by atoms with Crippen molar-refractivity contribution < 1.29 is 4.92 Å². The first-order chi connectivity index (χ1) is 10.0. The quantitative estimate of drug-likeness (QED) is 0.463. The molecular weight excluding hydrogens is 288 g/mol. The predicted octanol–water partition coefficient (Wildman–Crippen LogP) is 3.62. The third-order valence-electron chi connectivity index (χ3n) is 2.87. The highest BCUT2D eigenvalue weighted by Crippen LogP contribution is 2.26. The molecule has 1 aromatic heterocycles. The molecule has 6 nitrogen and oxygen atoms in total. The fourth-order valence-corrected chi connectivity index (χ4v) is 2.67. The number of non-ortho nitro benzene ring substituents is 1. The van der Waals surface area contributed by atoms with Crippen molar-refractivity contribution in [3.8, 4) is 11.4 Å². The molecular formula is C14H18N4O2S. The molecule has 7 heteroatoms. The second-order valence-electron chi connectivity index (χ2n) is 5.05. The van der Waals surface area contributed by atoms with E-state index in [9.17, 15) is 10.1 Å². The van der Waals surface area contributed by atoms with E-state index in [0.29, 0.717) is 5.92 Å². The summed E-state index contributed by atoms with van der Waals surface area (Å²) in [5.74, 6) is 2.15. The van der Waals surface area contributed by atoms with Gasteiger partial charge in [-0.25, -0.2) is 0 Å². The highest BCUT2D eigenvalue weighted by Gasteiger charge is 2.15. The van der Waals surface area contributed by atoms with Crippen LogP contribution >= 0.6 is 11.8 Å². The number of nitro groups is 1. The largest absolute Gasteiger partial charge is 0.302 e. The SMILES string of the molecule is CCSc1nnc(-c2ccc([N+](=O)[O-])cc2)n1CC(C)C. The topological polar surface area (TPSA) is 73.8 Å². The Morgan fingerprint density at radius 3 is 2.48 bits per heavy atom. The Balaban J connectivity index is 2.40. The normalized spacial score (nSPS) is 11.0. The number of aromatic nitrogens is 3. The van der Waals surface area contributed by atoms with E-state index >= 15 is 0 Å². The number of nitrogens with zero attached hydrogens (tertiary/aromatic N) is 4. The van der Waals surface area contributed by atoms with Gasteiger partial charge in [-0.3, -0.25) is 10.1 Å². The van der Waals surface area contributed by atoms with Crippen LogP contribution in [0.2, 0.25) is 0 Å². The van der Waals surface area contributed by atoms with Gasteiger partial charge in [0.25, 0.3) is 5.69 Å². The first kappa shape index (κ1) is 15.5. The number of hydrogen-bond acceptors (Lipinski definition) is 5. The van der Waals surface area contributed by atoms with E-state index in [4.69, 9.17) is 0 Å². The lowest BCUT2D eigenvalue weighted by atomic mass is 10.2. The van der Waals surface area contributed by atoms with Crippen molar-refractivity contribution in [3.05, 3.63) is 34.4 Å². The Morgan fingerprint density at radius 2 is 1.95 bits per heavy atom. The Hall–Kier alpha value is -1.89. The Bertz CT molecular complexity index is 622. The molecule has 0 N–H and O–H groups in total. The maximum absolute atomic E-state index is 10.7. The zero-order valence-corrected chi connectivity index (χ0v) is 13.1. The summed E-state index contributed by atoms with van der Waals surface area (Å²) in [4.78, 5) is 10.3. The van der Waals surface area contributed by atoms with Gasteiger partial charge in [0.1, 0.15) is 0 Å². The summed E-state index contributed by atoms with van der Waals surface area (Å²) in [7, 11) is 0. The van der Waals surface area contributed by atoms with Crippen LogP contribution in [0.5, 0.6) is 0 Å². The highest BCUT2D eigenvalue weighted by molar-refractivity contribution is 7.99. The molecule has 0 bridgehead atoms. The van der Waals surface area contributed by atoms with Gasteiger partial charge in [0, 0.05) is 24.2 Å². The standard InChI is InChI=1S/C14H18N4O2S/c1-4-21-14-16-15-13(17(14)9-10(2)3)11-5-7-12(8-6-11)18(19)20/h5-8,10H,4,9H2,1-3H3. The zero-order valence-electron chi connectivity index (χ0n) is 12.3. The molecule has 0 saturated carbocycles. The molecule has 0 atom stereocenters. The number of hydrogen-bond donors (Lipinski definition) is 0. The van der Waals surface area contributed by atoms with Crippen LogP contribution in [0.25, 0.3) is 11.4 Å². The maximum atomic E-state index is 10.7. The van der Waals surface area contributed by atoms with Gasteiger partial charge in [-0.15, -0.1) is 10.2 Å². The molecule has 21 heavy (non-hydrogen) atoms. The van der Waals surface area contributed by atoms with Crippen molar-refractivity contribution in [1.82, 2.24) is 14.8 Å². The molecule has 2 rings (SSSR count). The fraction of sp³-hybridized carbons (Fsp3) is 0.429. The summed E-state index contributed by atoms with van der Waals surface area (Å²) < 4.78 is 2.08. The molecule has 0 fully saturated rings. The van der Waals surface area contributed by atoms with E-state index in [1.807, 2.05) is 0 Å². The molecule has 2 aromatic rings. The lowest BCUT2D eigenvalue weighted by Gasteiger charge is -2.12. The first-order valence-electron chi connectivity index (χ1n) is 6.83. The Labute approximate surface area is 127 Å². The summed E-state index contributed by atoms with van der Waals surface area (Å²) in [6.07, 6.45) is 0. The van der Waals surface area contributed by atoms with E-state index in [0.717, 1.165) is 28.8 Å². The van der Waals surface area contributed by atoms with Crippen LogP contribution in [-0.2, 0) is 6.54 Å². The molecule has 0 aliphatic carbocycles. The average molecular weight is 306 g/mol. The lowest BCUT2D eigenvalue weighted by Crippen LogP contribution is -2.07. The number of nitro benzene ring substituents is 1. The summed E-state index contributed by atoms with van der Waals surface area (Å²) in [6.45, 7) is 7.17. The summed E-state index contributed by atoms with van der Waals surface area (Å²) in [6, 6.07) is 6.44. The molecule has 0 amide bonds. The van der Waals surface area contributed by atoms with Crippen molar-refractivity contribution in [1.29, 1.82) is 0 Å². The van der Waals surface area contributed by atoms with Gasteiger partial charge in [-0.2, -0.15) is 0 Å². The van der Waals surface area contributed by atoms with Gasteiger partial charge < -0.3 is 4.57 Å². The number of benzene rings is 1. The van der Waals surface area contributed by atoms with E-state index in [-0.39, 0.29) is 5.69 Å². The van der Waals surface area contributed by atoms with Gasteiger partial charge in [-0.1, -0.05) is 32.5 Å². The third-order valence-corrected chi connectivity index (χ3v) is 3.72. The van der Waals surface area contributed by atoms with E-state index in [1.54, 1.807) is 23.9 Å². The highest BCUT2D eigenvalue weighted by atomic mass is 32.2. The smallest absolute Gasteiger partial charge is 0.269 e. The molecule has 112 valence electrons. The second-order valence-corrected chi connectivity index (χ2v) is 6.28. The molecule has 0 aliphatic heterocycles. The Kier molecular flexibility index (Phi) is 4.95. The monoisotopic (exact) mass is 306 g/mol. The summed E-state index contributed by atoms with van der Waals surface area (Å²) in [5, 5.41) is 20.1. The predicted molar refractivity (Wildman–Crippen MR) is 83.3 cm³/mol. The van der Waals surface area contributed by atoms with Crippen molar-refractivity contribution in [3.63, 3.8) is 0 Å². The van der Waals surface area contributed by atoms with Gasteiger partial charge in [0.15, 0.2) is 11.0 Å². The van der Waals surface area contributed by atoms with Crippen LogP contribution in [0.15, 0.2) is 29.4 Å². The first-order valence-corrected chi connectivity index (χ1v) is 7.82. The van der Waals surface area contributed by atoms with E-state index < -0.39 is 4.92 Å². The van der Waals surface area contributed by atoms with Gasteiger partial charge >= 0.3 is 0 Å². The lowest BCUT2D eigenvalue weighted by molar-refractivity contribution is -0.384. The Morgan fingerprint density at radius 1 is 1.29 bits per heavy atom. The number of thioether (sulfide) groups is 1. The van der Waals surface area contributed by atoms with Crippen molar-refractivity contribution in [2.24, 2.45) is 5.92 Å². The fourth-order valence-electron chi connectivity index (χ4n) is 2.00. The van der Waals surface area contributed by atoms with Crippen LogP contribution in [0.1, 0.15) is 20.8 Å². The van der Waals surface area contributed by atoms with Crippen molar-refractivity contribution in [2.45, 2.75) is 32.5 Å². The maximum Gasteiger partial charge on any atom is 0.269 e. The summed E-state index contributed by atoms with van der Waals surface area (Å²) >= 11 is 1.65. The third kappa shape index (κ3) is 3.60. The minimum Gasteiger partial charge on any atom is -0.302 e. The van der Waals surface area contributed by atoms with Gasteiger partial charge in [0.2, 0.25) is 0 Å². The number of rotatable bonds is 6. The average Bonchev–Trinajstić information content (AvgIpc) is 2.82. The van der Waals surface area contributed by atoms with Crippen molar-refractivity contribution >= 4 is 17.4 Å². The van der Waals surface area contributed by atoms with Crippen LogP contribution in [-0.4, -0.2) is 25.4 Å². The van der Waals surface area contributed by atoms with Crippen LogP contribution in [0.4, 0.5) is 5.69 Å². The van der Waals surface area contributed by atoms with Crippen LogP contribution < -0.4 is 0 Å². The minimum absolute atomic E-state index is 0.0804. The molecule has 1 heterocycles. The van der Waals surface area contributed by atoms with Gasteiger partial charge in [-0.05, 0) is 23.8 Å². The second kappa shape index (κ2) is 6.71. The van der Waals surface area contributed by atoms with Crippen LogP contribution in [0, 0.1) is 16.0 Å². The van der Waals surface area contributed by atoms with Crippen molar-refractivity contribution in [2.75, 3.05) is 5.75 Å². The van der Waals surface area contributed by atoms with E-state index in [2.05, 4.69) is 35.5 Å².